The number of piperazine rings is 1. The Morgan fingerprint density at radius 2 is 1.95 bits per heavy atom. The van der Waals surface area contributed by atoms with Gasteiger partial charge in [-0.2, -0.15) is 0 Å². The molecule has 5 nitrogen and oxygen atoms in total. The molecule has 0 radical (unpaired) electrons. The van der Waals surface area contributed by atoms with Crippen LogP contribution < -0.4 is 4.74 Å². The van der Waals surface area contributed by atoms with Gasteiger partial charge in [0.15, 0.2) is 0 Å². The first-order chi connectivity index (χ1) is 9.67. The predicted molar refractivity (Wildman–Crippen MR) is 78.3 cm³/mol. The van der Waals surface area contributed by atoms with Gasteiger partial charge in [0.1, 0.15) is 11.4 Å². The molecule has 2 aromatic rings. The number of H-pyrrole nitrogens is 1. The molecule has 0 unspecified atom stereocenters. The van der Waals surface area contributed by atoms with E-state index < -0.39 is 0 Å². The fourth-order valence-electron chi connectivity index (χ4n) is 2.53. The molecular formula is C15H19N3O2. The van der Waals surface area contributed by atoms with Crippen LogP contribution in [0.5, 0.6) is 5.75 Å². The fourth-order valence-corrected chi connectivity index (χ4v) is 2.53. The molecule has 3 rings (SSSR count). The van der Waals surface area contributed by atoms with Crippen molar-refractivity contribution >= 4 is 16.8 Å². The summed E-state index contributed by atoms with van der Waals surface area (Å²) in [4.78, 5) is 19.8. The van der Waals surface area contributed by atoms with Crippen LogP contribution in [0.4, 0.5) is 0 Å². The summed E-state index contributed by atoms with van der Waals surface area (Å²) < 4.78 is 5.21. The number of aromatic nitrogens is 1. The molecule has 1 fully saturated rings. The standard InChI is InChI=1S/C15H19N3O2/c1-17-5-7-18(8-6-17)15(19)14-10-11-9-12(20-2)3-4-13(11)16-14/h3-4,9-10,16H,5-8H2,1-2H3. The van der Waals surface area contributed by atoms with Gasteiger partial charge in [-0.15, -0.1) is 0 Å². The summed E-state index contributed by atoms with van der Waals surface area (Å²) in [5, 5.41) is 1.00. The first-order valence-corrected chi connectivity index (χ1v) is 6.82. The highest BCUT2D eigenvalue weighted by Crippen LogP contribution is 2.22. The third-order valence-corrected chi connectivity index (χ3v) is 3.85. The highest BCUT2D eigenvalue weighted by Gasteiger charge is 2.21. The van der Waals surface area contributed by atoms with Crippen LogP contribution in [-0.4, -0.2) is 61.0 Å². The second-order valence-electron chi connectivity index (χ2n) is 5.23. The van der Waals surface area contributed by atoms with E-state index in [1.54, 1.807) is 7.11 Å². The molecule has 2 heterocycles. The van der Waals surface area contributed by atoms with E-state index in [4.69, 9.17) is 4.74 Å². The minimum absolute atomic E-state index is 0.0771. The number of fused-ring (bicyclic) bond motifs is 1. The number of nitrogens with zero attached hydrogens (tertiary/aromatic N) is 2. The smallest absolute Gasteiger partial charge is 0.270 e. The molecule has 5 heteroatoms. The molecule has 1 aromatic heterocycles. The fraction of sp³-hybridized carbons (Fsp3) is 0.400. The maximum Gasteiger partial charge on any atom is 0.270 e. The number of carbonyl (C=O) groups is 1. The summed E-state index contributed by atoms with van der Waals surface area (Å²) in [6.45, 7) is 3.43. The van der Waals surface area contributed by atoms with E-state index in [1.165, 1.54) is 0 Å². The van der Waals surface area contributed by atoms with Gasteiger partial charge >= 0.3 is 0 Å². The maximum absolute atomic E-state index is 12.5. The Morgan fingerprint density at radius 1 is 1.20 bits per heavy atom. The summed E-state index contributed by atoms with van der Waals surface area (Å²) in [6.07, 6.45) is 0. The van der Waals surface area contributed by atoms with E-state index in [9.17, 15) is 4.79 Å². The van der Waals surface area contributed by atoms with Gasteiger partial charge < -0.3 is 19.5 Å². The summed E-state index contributed by atoms with van der Waals surface area (Å²) in [7, 11) is 3.72. The number of hydrogen-bond donors (Lipinski definition) is 1. The molecule has 1 saturated heterocycles. The van der Waals surface area contributed by atoms with Crippen LogP contribution in [0.3, 0.4) is 0 Å². The molecule has 0 aliphatic carbocycles. The van der Waals surface area contributed by atoms with Crippen molar-refractivity contribution in [3.05, 3.63) is 30.0 Å². The number of nitrogens with one attached hydrogen (secondary N) is 1. The molecule has 1 aromatic carbocycles. The number of hydrogen-bond acceptors (Lipinski definition) is 3. The third kappa shape index (κ3) is 2.36. The molecule has 106 valence electrons. The maximum atomic E-state index is 12.5. The first kappa shape index (κ1) is 13.0. The Balaban J connectivity index is 1.84. The first-order valence-electron chi connectivity index (χ1n) is 6.82. The van der Waals surface area contributed by atoms with Crippen molar-refractivity contribution < 1.29 is 9.53 Å². The average molecular weight is 273 g/mol. The number of amides is 1. The van der Waals surface area contributed by atoms with E-state index >= 15 is 0 Å². The number of rotatable bonds is 2. The van der Waals surface area contributed by atoms with Crippen LogP contribution in [0.1, 0.15) is 10.5 Å². The van der Waals surface area contributed by atoms with Gasteiger partial charge in [0.2, 0.25) is 0 Å². The third-order valence-electron chi connectivity index (χ3n) is 3.85. The number of benzene rings is 1. The Hall–Kier alpha value is -2.01. The van der Waals surface area contributed by atoms with E-state index in [0.717, 1.165) is 42.8 Å². The van der Waals surface area contributed by atoms with Crippen molar-refractivity contribution in [3.8, 4) is 5.75 Å². The van der Waals surface area contributed by atoms with Crippen molar-refractivity contribution in [1.82, 2.24) is 14.8 Å². The average Bonchev–Trinajstić information content (AvgIpc) is 2.90. The number of likely N-dealkylation sites (N-methyl/N-ethyl adjacent to an activating group) is 1. The molecule has 0 atom stereocenters. The Bertz CT molecular complexity index is 627. The second-order valence-corrected chi connectivity index (χ2v) is 5.23. The molecule has 1 N–H and O–H groups in total. The number of carbonyl (C=O) groups excluding carboxylic acids is 1. The van der Waals surface area contributed by atoms with Gasteiger partial charge in [-0.3, -0.25) is 4.79 Å². The summed E-state index contributed by atoms with van der Waals surface area (Å²) >= 11 is 0. The summed E-state index contributed by atoms with van der Waals surface area (Å²) in [6, 6.07) is 7.67. The van der Waals surface area contributed by atoms with Crippen molar-refractivity contribution in [2.45, 2.75) is 0 Å². The van der Waals surface area contributed by atoms with E-state index in [2.05, 4.69) is 16.9 Å². The number of aromatic amines is 1. The van der Waals surface area contributed by atoms with Crippen LogP contribution in [0.25, 0.3) is 10.9 Å². The lowest BCUT2D eigenvalue weighted by Crippen LogP contribution is -2.47. The zero-order chi connectivity index (χ0) is 14.1. The van der Waals surface area contributed by atoms with E-state index in [0.29, 0.717) is 5.69 Å². The Labute approximate surface area is 118 Å². The predicted octanol–water partition coefficient (Wildman–Crippen LogP) is 1.56. The number of methoxy groups -OCH3 is 1. The molecule has 0 spiro atoms. The molecule has 20 heavy (non-hydrogen) atoms. The molecule has 1 aliphatic rings. The normalized spacial score (nSPS) is 16.6. The van der Waals surface area contributed by atoms with Gasteiger partial charge in [-0.1, -0.05) is 0 Å². The summed E-state index contributed by atoms with van der Waals surface area (Å²) in [5.41, 5.74) is 1.61. The number of ether oxygens (including phenoxy) is 1. The Kier molecular flexibility index (Phi) is 3.36. The molecule has 1 aliphatic heterocycles. The van der Waals surface area contributed by atoms with E-state index in [1.807, 2.05) is 29.2 Å². The van der Waals surface area contributed by atoms with Gasteiger partial charge in [0, 0.05) is 37.1 Å². The molecule has 0 bridgehead atoms. The highest BCUT2D eigenvalue weighted by molar-refractivity contribution is 5.98. The second kappa shape index (κ2) is 5.17. The van der Waals surface area contributed by atoms with Crippen LogP contribution in [0, 0.1) is 0 Å². The monoisotopic (exact) mass is 273 g/mol. The van der Waals surface area contributed by atoms with Gasteiger partial charge in [0.25, 0.3) is 5.91 Å². The minimum Gasteiger partial charge on any atom is -0.497 e. The zero-order valence-corrected chi connectivity index (χ0v) is 11.8. The molecule has 0 saturated carbocycles. The quantitative estimate of drug-likeness (QED) is 0.903. The lowest BCUT2D eigenvalue weighted by Gasteiger charge is -2.32. The largest absolute Gasteiger partial charge is 0.497 e. The lowest BCUT2D eigenvalue weighted by atomic mass is 10.2. The minimum atomic E-state index is 0.0771. The van der Waals surface area contributed by atoms with Crippen molar-refractivity contribution in [1.29, 1.82) is 0 Å². The Morgan fingerprint density at radius 3 is 2.65 bits per heavy atom. The van der Waals surface area contributed by atoms with Gasteiger partial charge in [-0.25, -0.2) is 0 Å². The highest BCUT2D eigenvalue weighted by atomic mass is 16.5. The van der Waals surface area contributed by atoms with E-state index in [-0.39, 0.29) is 5.91 Å². The molecule has 1 amide bonds. The lowest BCUT2D eigenvalue weighted by molar-refractivity contribution is 0.0659. The van der Waals surface area contributed by atoms with Crippen LogP contribution in [-0.2, 0) is 0 Å². The SMILES string of the molecule is COc1ccc2[nH]c(C(=O)N3CCN(C)CC3)cc2c1. The molecular weight excluding hydrogens is 254 g/mol. The zero-order valence-electron chi connectivity index (χ0n) is 11.8. The van der Waals surface area contributed by atoms with Crippen molar-refractivity contribution in [2.75, 3.05) is 40.3 Å². The van der Waals surface area contributed by atoms with Crippen LogP contribution in [0.15, 0.2) is 24.3 Å². The topological polar surface area (TPSA) is 48.6 Å². The van der Waals surface area contributed by atoms with Gasteiger partial charge in [-0.05, 0) is 31.3 Å². The summed E-state index contributed by atoms with van der Waals surface area (Å²) in [5.74, 6) is 0.878. The van der Waals surface area contributed by atoms with Crippen molar-refractivity contribution in [3.63, 3.8) is 0 Å². The van der Waals surface area contributed by atoms with Crippen molar-refractivity contribution in [2.24, 2.45) is 0 Å². The van der Waals surface area contributed by atoms with Crippen LogP contribution >= 0.6 is 0 Å². The van der Waals surface area contributed by atoms with Crippen LogP contribution in [0.2, 0.25) is 0 Å². The van der Waals surface area contributed by atoms with Gasteiger partial charge in [0.05, 0.1) is 7.11 Å².